The molecule has 5 nitrogen and oxygen atoms in total. The Bertz CT molecular complexity index is 1190. The fourth-order valence-corrected chi connectivity index (χ4v) is 4.44. The van der Waals surface area contributed by atoms with Gasteiger partial charge in [-0.25, -0.2) is 0 Å². The lowest BCUT2D eigenvalue weighted by Crippen LogP contribution is -2.13. The van der Waals surface area contributed by atoms with Crippen molar-refractivity contribution >= 4 is 15.8 Å². The van der Waals surface area contributed by atoms with E-state index in [9.17, 15) is 8.42 Å². The number of nitrogens with one attached hydrogen (secondary N) is 1. The minimum atomic E-state index is -4.00. The van der Waals surface area contributed by atoms with Crippen LogP contribution in [-0.4, -0.2) is 15.0 Å². The Balaban J connectivity index is 1.95. The van der Waals surface area contributed by atoms with E-state index in [0.717, 1.165) is 16.8 Å². The number of aryl methyl sites for hydroxylation is 2. The van der Waals surface area contributed by atoms with E-state index in [2.05, 4.69) is 43.9 Å². The summed E-state index contributed by atoms with van der Waals surface area (Å²) in [4.78, 5) is 0.0904. The molecule has 0 heterocycles. The third-order valence-corrected chi connectivity index (χ3v) is 6.18. The van der Waals surface area contributed by atoms with Gasteiger partial charge in [0.1, 0.15) is 4.90 Å². The van der Waals surface area contributed by atoms with E-state index in [0.29, 0.717) is 30.9 Å². The van der Waals surface area contributed by atoms with Gasteiger partial charge < -0.3 is 14.2 Å². The molecule has 0 bridgehead atoms. The number of rotatable bonds is 10. The van der Waals surface area contributed by atoms with Crippen molar-refractivity contribution in [3.8, 4) is 11.5 Å². The van der Waals surface area contributed by atoms with Gasteiger partial charge in [0.25, 0.3) is 0 Å². The van der Waals surface area contributed by atoms with Crippen molar-refractivity contribution in [1.82, 2.24) is 0 Å². The molecule has 0 saturated heterocycles. The average Bonchev–Trinajstić information content (AvgIpc) is 2.76. The van der Waals surface area contributed by atoms with Crippen LogP contribution in [0.5, 0.6) is 11.5 Å². The van der Waals surface area contributed by atoms with Crippen molar-refractivity contribution in [2.24, 2.45) is 0 Å². The smallest absolute Gasteiger partial charge is 0.339 e. The second-order valence-corrected chi connectivity index (χ2v) is 9.08. The average molecular weight is 452 g/mol. The maximum Gasteiger partial charge on any atom is 0.339 e. The Kier molecular flexibility index (Phi) is 7.59. The van der Waals surface area contributed by atoms with Gasteiger partial charge in [0, 0.05) is 17.8 Å². The SMILES string of the molecule is C=CCc1cc(CNc2ccc(C)cc2C)cc(OCC)c1OS(=O)(=O)c1ccccc1. The Hall–Kier alpha value is -3.25. The Morgan fingerprint density at radius 2 is 1.78 bits per heavy atom. The van der Waals surface area contributed by atoms with Gasteiger partial charge >= 0.3 is 10.1 Å². The van der Waals surface area contributed by atoms with Crippen molar-refractivity contribution in [2.75, 3.05) is 11.9 Å². The van der Waals surface area contributed by atoms with Crippen LogP contribution < -0.4 is 14.2 Å². The first-order valence-corrected chi connectivity index (χ1v) is 11.9. The molecule has 168 valence electrons. The second kappa shape index (κ2) is 10.4. The molecule has 0 saturated carbocycles. The number of allylic oxidation sites excluding steroid dienone is 1. The zero-order valence-electron chi connectivity index (χ0n) is 18.7. The maximum absolute atomic E-state index is 12.9. The quantitative estimate of drug-likeness (QED) is 0.311. The molecular weight excluding hydrogens is 422 g/mol. The minimum Gasteiger partial charge on any atom is -0.490 e. The summed E-state index contributed by atoms with van der Waals surface area (Å²) >= 11 is 0. The zero-order chi connectivity index (χ0) is 23.1. The van der Waals surface area contributed by atoms with Crippen molar-refractivity contribution in [2.45, 2.75) is 38.6 Å². The van der Waals surface area contributed by atoms with Crippen LogP contribution >= 0.6 is 0 Å². The van der Waals surface area contributed by atoms with Gasteiger partial charge in [-0.1, -0.05) is 42.0 Å². The third kappa shape index (κ3) is 5.71. The molecule has 0 atom stereocenters. The Labute approximate surface area is 190 Å². The van der Waals surface area contributed by atoms with Gasteiger partial charge in [-0.3, -0.25) is 0 Å². The van der Waals surface area contributed by atoms with Crippen LogP contribution in [0.25, 0.3) is 0 Å². The first-order valence-electron chi connectivity index (χ1n) is 10.5. The molecule has 3 rings (SSSR count). The molecule has 1 N–H and O–H groups in total. The summed E-state index contributed by atoms with van der Waals surface area (Å²) in [5.74, 6) is 0.592. The molecule has 0 aromatic heterocycles. The standard InChI is InChI=1S/C26H29NO4S/c1-5-10-22-16-21(18-27-24-14-13-19(3)15-20(24)4)17-25(30-6-2)26(22)31-32(28,29)23-11-8-7-9-12-23/h5,7-9,11-17,27H,1,6,10,18H2,2-4H3. The van der Waals surface area contributed by atoms with Crippen LogP contribution in [0.3, 0.4) is 0 Å². The van der Waals surface area contributed by atoms with E-state index in [1.165, 1.54) is 17.7 Å². The monoisotopic (exact) mass is 451 g/mol. The highest BCUT2D eigenvalue weighted by Crippen LogP contribution is 2.36. The van der Waals surface area contributed by atoms with E-state index in [4.69, 9.17) is 8.92 Å². The molecular formula is C26H29NO4S. The summed E-state index contributed by atoms with van der Waals surface area (Å²) in [5.41, 5.74) is 5.07. The first kappa shape index (κ1) is 23.4. The minimum absolute atomic E-state index is 0.0904. The Morgan fingerprint density at radius 3 is 2.44 bits per heavy atom. The molecule has 0 aliphatic rings. The molecule has 0 radical (unpaired) electrons. The van der Waals surface area contributed by atoms with Gasteiger partial charge in [-0.15, -0.1) is 6.58 Å². The van der Waals surface area contributed by atoms with Crippen LogP contribution in [0.15, 0.2) is 78.2 Å². The van der Waals surface area contributed by atoms with Crippen LogP contribution in [0.4, 0.5) is 5.69 Å². The molecule has 0 aliphatic carbocycles. The van der Waals surface area contributed by atoms with Gasteiger partial charge in [0.15, 0.2) is 11.5 Å². The van der Waals surface area contributed by atoms with E-state index in [1.807, 2.05) is 19.1 Å². The van der Waals surface area contributed by atoms with Crippen molar-refractivity contribution in [3.05, 3.63) is 95.6 Å². The summed E-state index contributed by atoms with van der Waals surface area (Å²) in [6.45, 7) is 10.7. The van der Waals surface area contributed by atoms with E-state index >= 15 is 0 Å². The molecule has 6 heteroatoms. The van der Waals surface area contributed by atoms with Gasteiger partial charge in [-0.05, 0) is 68.7 Å². The lowest BCUT2D eigenvalue weighted by molar-refractivity contribution is 0.326. The highest BCUT2D eigenvalue weighted by Gasteiger charge is 2.22. The van der Waals surface area contributed by atoms with Crippen molar-refractivity contribution in [1.29, 1.82) is 0 Å². The van der Waals surface area contributed by atoms with Gasteiger partial charge in [-0.2, -0.15) is 8.42 Å². The summed E-state index contributed by atoms with van der Waals surface area (Å²) < 4.78 is 37.1. The van der Waals surface area contributed by atoms with Crippen LogP contribution in [0.2, 0.25) is 0 Å². The second-order valence-electron chi connectivity index (χ2n) is 7.53. The third-order valence-electron chi connectivity index (χ3n) is 4.95. The van der Waals surface area contributed by atoms with E-state index in [-0.39, 0.29) is 10.6 Å². The number of hydrogen-bond acceptors (Lipinski definition) is 5. The summed E-state index contributed by atoms with van der Waals surface area (Å²) in [6.07, 6.45) is 2.16. The topological polar surface area (TPSA) is 64.6 Å². The highest BCUT2D eigenvalue weighted by molar-refractivity contribution is 7.87. The number of benzene rings is 3. The fourth-order valence-electron chi connectivity index (χ4n) is 3.44. The molecule has 0 amide bonds. The largest absolute Gasteiger partial charge is 0.490 e. The number of ether oxygens (including phenoxy) is 1. The number of hydrogen-bond donors (Lipinski definition) is 1. The highest BCUT2D eigenvalue weighted by atomic mass is 32.2. The fraction of sp³-hybridized carbons (Fsp3) is 0.231. The molecule has 0 spiro atoms. The van der Waals surface area contributed by atoms with Gasteiger partial charge in [0.05, 0.1) is 6.61 Å². The zero-order valence-corrected chi connectivity index (χ0v) is 19.5. The maximum atomic E-state index is 12.9. The normalized spacial score (nSPS) is 11.1. The molecule has 32 heavy (non-hydrogen) atoms. The lowest BCUT2D eigenvalue weighted by atomic mass is 10.0. The van der Waals surface area contributed by atoms with Crippen LogP contribution in [0, 0.1) is 13.8 Å². The van der Waals surface area contributed by atoms with Crippen molar-refractivity contribution < 1.29 is 17.3 Å². The predicted octanol–water partition coefficient (Wildman–Crippen LogP) is 5.81. The summed E-state index contributed by atoms with van der Waals surface area (Å²) in [7, 11) is -4.00. The molecule has 0 fully saturated rings. The van der Waals surface area contributed by atoms with E-state index < -0.39 is 10.1 Å². The van der Waals surface area contributed by atoms with Gasteiger partial charge in [0.2, 0.25) is 0 Å². The predicted molar refractivity (Wildman–Crippen MR) is 129 cm³/mol. The molecule has 0 unspecified atom stereocenters. The summed E-state index contributed by atoms with van der Waals surface area (Å²) in [6, 6.07) is 18.1. The van der Waals surface area contributed by atoms with Crippen LogP contribution in [0.1, 0.15) is 29.2 Å². The lowest BCUT2D eigenvalue weighted by Gasteiger charge is -2.18. The van der Waals surface area contributed by atoms with Crippen molar-refractivity contribution in [3.63, 3.8) is 0 Å². The van der Waals surface area contributed by atoms with Crippen LogP contribution in [-0.2, 0) is 23.1 Å². The molecule has 3 aromatic carbocycles. The Morgan fingerprint density at radius 1 is 1.03 bits per heavy atom. The first-order chi connectivity index (χ1) is 15.3. The van der Waals surface area contributed by atoms with E-state index in [1.54, 1.807) is 24.3 Å². The summed E-state index contributed by atoms with van der Waals surface area (Å²) in [5, 5.41) is 3.45. The number of anilines is 1. The molecule has 3 aromatic rings. The molecule has 0 aliphatic heterocycles.